The van der Waals surface area contributed by atoms with Crippen molar-refractivity contribution in [3.63, 3.8) is 0 Å². The molecule has 5 N–H and O–H groups in total. The number of likely N-dealkylation sites (N-methyl/N-ethyl adjacent to an activating group) is 1. The van der Waals surface area contributed by atoms with Crippen molar-refractivity contribution in [3.05, 3.63) is 0 Å². The van der Waals surface area contributed by atoms with Crippen molar-refractivity contribution in [2.45, 2.75) is 191 Å². The Morgan fingerprint density at radius 2 is 1.59 bits per heavy atom. The van der Waals surface area contributed by atoms with Crippen LogP contribution in [0.1, 0.15) is 94.9 Å². The van der Waals surface area contributed by atoms with E-state index in [1.165, 1.54) is 7.11 Å². The second-order valence-corrected chi connectivity index (χ2v) is 18.6. The molecule has 0 amide bonds. The summed E-state index contributed by atoms with van der Waals surface area (Å²) >= 11 is 0. The van der Waals surface area contributed by atoms with Gasteiger partial charge >= 0.3 is 5.97 Å². The average molecular weight is 835 g/mol. The predicted octanol–water partition coefficient (Wildman–Crippen LogP) is 2.20. The smallest absolute Gasteiger partial charge is 0.311 e. The summed E-state index contributed by atoms with van der Waals surface area (Å²) in [5.74, 6) is -2.95. The van der Waals surface area contributed by atoms with E-state index in [9.17, 15) is 25.2 Å². The number of methoxy groups -OCH3 is 2. The SMILES string of the molecule is CC[C@H]1OC(=O)[C@H](C)[C@@H](O[C@H]2C[C@](C)(OC)[C@@H](O)[C@H](C)O2)[C@H](C)[C@@H](O[C@@H]2O[C@H](C)C[C@H](N(C)C)[C@H]2O)[C@@](C)(O)C[C@@H](C)[C@@H]2N[C@@H](COCCOC)O[C@H]([C@H]2C)[C@@]1(C)O. The van der Waals surface area contributed by atoms with Crippen molar-refractivity contribution in [2.75, 3.05) is 48.1 Å². The molecule has 16 heteroatoms. The molecule has 2 bridgehead atoms. The molecule has 340 valence electrons. The van der Waals surface area contributed by atoms with E-state index >= 15 is 0 Å². The highest BCUT2D eigenvalue weighted by Crippen LogP contribution is 2.43. The molecule has 0 unspecified atom stereocenters. The first-order chi connectivity index (χ1) is 27.0. The number of cyclic esters (lactones) is 1. The number of aliphatic hydroxyl groups excluding tert-OH is 2. The number of nitrogens with one attached hydrogen (secondary N) is 1. The van der Waals surface area contributed by atoms with E-state index in [2.05, 4.69) is 5.32 Å². The fourth-order valence-corrected chi connectivity index (χ4v) is 10.0. The quantitative estimate of drug-likeness (QED) is 0.142. The number of carbonyl (C=O) groups excluding carboxylic acids is 1. The van der Waals surface area contributed by atoms with Gasteiger partial charge in [0.25, 0.3) is 0 Å². The standard InChI is InChI=1S/C42H78N2O14/c1-15-29-42(10,49)37-24(4)32(43-30(56-37)21-52-17-16-50-13)22(2)19-40(8,48)36(58-39-33(45)28(44(11)12)18-23(3)53-39)25(5)34(26(6)38(47)55-29)57-31-20-41(9,51-14)35(46)27(7)54-31/h22-37,39,43,45-46,48-49H,15-21H2,1-14H3/t22-,23-,24+,25+,26-,27+,28+,29-,30-,31+,32+,33-,34+,35+,36-,37-,39+,40+,41+,42+/m1/s1. The molecular formula is C42H78N2O14. The molecular weight excluding hydrogens is 756 g/mol. The van der Waals surface area contributed by atoms with Gasteiger partial charge in [-0.05, 0) is 80.8 Å². The maximum Gasteiger partial charge on any atom is 0.311 e. The Kier molecular flexibility index (Phi) is 17.4. The minimum atomic E-state index is -1.64. The van der Waals surface area contributed by atoms with Gasteiger partial charge in [0, 0.05) is 44.6 Å². The van der Waals surface area contributed by atoms with Crippen LogP contribution in [0.4, 0.5) is 0 Å². The van der Waals surface area contributed by atoms with Gasteiger partial charge in [0.2, 0.25) is 0 Å². The second-order valence-electron chi connectivity index (χ2n) is 18.6. The number of esters is 1. The fraction of sp³-hybridized carbons (Fsp3) is 0.976. The minimum absolute atomic E-state index is 0.137. The van der Waals surface area contributed by atoms with Gasteiger partial charge in [-0.1, -0.05) is 27.7 Å². The Bertz CT molecular complexity index is 1290. The minimum Gasteiger partial charge on any atom is -0.459 e. The zero-order valence-corrected chi connectivity index (χ0v) is 37.6. The summed E-state index contributed by atoms with van der Waals surface area (Å²) in [6.07, 6.45) is -8.29. The highest BCUT2D eigenvalue weighted by Gasteiger charge is 2.55. The van der Waals surface area contributed by atoms with Crippen molar-refractivity contribution in [3.8, 4) is 0 Å². The van der Waals surface area contributed by atoms with Crippen LogP contribution in [-0.4, -0.2) is 176 Å². The van der Waals surface area contributed by atoms with Crippen LogP contribution in [0, 0.1) is 23.7 Å². The Balaban J connectivity index is 1.83. The predicted molar refractivity (Wildman–Crippen MR) is 214 cm³/mol. The number of ether oxygens (including phenoxy) is 9. The number of nitrogens with zero attached hydrogens (tertiary/aromatic N) is 1. The summed E-state index contributed by atoms with van der Waals surface area (Å²) in [6, 6.07) is -0.593. The number of fused-ring (bicyclic) bond motifs is 2. The van der Waals surface area contributed by atoms with E-state index in [1.807, 2.05) is 53.6 Å². The van der Waals surface area contributed by atoms with Gasteiger partial charge in [0.15, 0.2) is 12.6 Å². The Hall–Kier alpha value is -1.09. The Morgan fingerprint density at radius 1 is 0.914 bits per heavy atom. The van der Waals surface area contributed by atoms with Crippen LogP contribution in [0.25, 0.3) is 0 Å². The van der Waals surface area contributed by atoms with Crippen LogP contribution in [0.15, 0.2) is 0 Å². The molecule has 0 aromatic heterocycles. The van der Waals surface area contributed by atoms with Crippen molar-refractivity contribution < 1.29 is 67.9 Å². The van der Waals surface area contributed by atoms with Crippen molar-refractivity contribution in [1.82, 2.24) is 10.2 Å². The van der Waals surface area contributed by atoms with Gasteiger partial charge in [-0.2, -0.15) is 0 Å². The van der Waals surface area contributed by atoms with Gasteiger partial charge in [0.05, 0.1) is 67.5 Å². The first kappa shape index (κ1) is 49.6. The number of hydrogen-bond donors (Lipinski definition) is 5. The third-order valence-electron chi connectivity index (χ3n) is 13.5. The summed E-state index contributed by atoms with van der Waals surface area (Å²) in [5.41, 5.74) is -4.27. The van der Waals surface area contributed by atoms with Gasteiger partial charge in [-0.25, -0.2) is 0 Å². The maximum absolute atomic E-state index is 14.5. The van der Waals surface area contributed by atoms with Crippen molar-refractivity contribution >= 4 is 5.97 Å². The zero-order valence-electron chi connectivity index (χ0n) is 37.6. The lowest BCUT2D eigenvalue weighted by Crippen LogP contribution is -2.67. The van der Waals surface area contributed by atoms with E-state index in [-0.39, 0.29) is 55.9 Å². The molecule has 4 fully saturated rings. The summed E-state index contributed by atoms with van der Waals surface area (Å²) in [7, 11) is 6.90. The molecule has 0 radical (unpaired) electrons. The van der Waals surface area contributed by atoms with E-state index < -0.39 is 96.1 Å². The molecule has 4 aliphatic rings. The normalized spacial score (nSPS) is 48.7. The average Bonchev–Trinajstić information content (AvgIpc) is 3.15. The lowest BCUT2D eigenvalue weighted by Gasteiger charge is -2.52. The van der Waals surface area contributed by atoms with Crippen molar-refractivity contribution in [1.29, 1.82) is 0 Å². The van der Waals surface area contributed by atoms with E-state index in [4.69, 9.17) is 42.6 Å². The molecule has 4 rings (SSSR count). The van der Waals surface area contributed by atoms with Crippen LogP contribution < -0.4 is 5.32 Å². The maximum atomic E-state index is 14.5. The summed E-state index contributed by atoms with van der Waals surface area (Å²) in [4.78, 5) is 16.4. The zero-order chi connectivity index (χ0) is 43.5. The van der Waals surface area contributed by atoms with Gasteiger partial charge in [-0.3, -0.25) is 10.1 Å². The summed E-state index contributed by atoms with van der Waals surface area (Å²) < 4.78 is 55.7. The van der Waals surface area contributed by atoms with E-state index in [0.717, 1.165) is 0 Å². The summed E-state index contributed by atoms with van der Waals surface area (Å²) in [5, 5.41) is 51.5. The topological polar surface area (TPSA) is 196 Å². The molecule has 0 aromatic rings. The lowest BCUT2D eigenvalue weighted by molar-refractivity contribution is -0.318. The van der Waals surface area contributed by atoms with Crippen LogP contribution >= 0.6 is 0 Å². The molecule has 4 saturated heterocycles. The summed E-state index contributed by atoms with van der Waals surface area (Å²) in [6.45, 7) is 19.1. The molecule has 0 spiro atoms. The monoisotopic (exact) mass is 835 g/mol. The molecule has 20 atom stereocenters. The van der Waals surface area contributed by atoms with Gasteiger partial charge < -0.3 is 68.0 Å². The number of hydrogen-bond acceptors (Lipinski definition) is 16. The van der Waals surface area contributed by atoms with Crippen LogP contribution in [-0.2, 0) is 47.4 Å². The third-order valence-corrected chi connectivity index (χ3v) is 13.5. The highest BCUT2D eigenvalue weighted by molar-refractivity contribution is 5.73. The third kappa shape index (κ3) is 11.1. The molecule has 4 aliphatic heterocycles. The Labute approximate surface area is 346 Å². The van der Waals surface area contributed by atoms with Crippen LogP contribution in [0.5, 0.6) is 0 Å². The fourth-order valence-electron chi connectivity index (χ4n) is 10.0. The molecule has 0 aliphatic carbocycles. The van der Waals surface area contributed by atoms with E-state index in [1.54, 1.807) is 41.7 Å². The first-order valence-corrected chi connectivity index (χ1v) is 21.4. The Morgan fingerprint density at radius 3 is 2.19 bits per heavy atom. The molecule has 4 heterocycles. The highest BCUT2D eigenvalue weighted by atomic mass is 16.7. The lowest BCUT2D eigenvalue weighted by atomic mass is 9.71. The number of rotatable bonds is 12. The molecule has 0 aromatic carbocycles. The molecule has 16 nitrogen and oxygen atoms in total. The number of aliphatic hydroxyl groups is 4. The molecule has 58 heavy (non-hydrogen) atoms. The molecule has 0 saturated carbocycles. The van der Waals surface area contributed by atoms with Crippen LogP contribution in [0.3, 0.4) is 0 Å². The first-order valence-electron chi connectivity index (χ1n) is 21.4. The van der Waals surface area contributed by atoms with Gasteiger partial charge in [0.1, 0.15) is 30.1 Å². The van der Waals surface area contributed by atoms with Gasteiger partial charge in [-0.15, -0.1) is 0 Å². The van der Waals surface area contributed by atoms with E-state index in [0.29, 0.717) is 19.6 Å². The second kappa shape index (κ2) is 20.4. The van der Waals surface area contributed by atoms with Crippen molar-refractivity contribution in [2.24, 2.45) is 23.7 Å². The largest absolute Gasteiger partial charge is 0.459 e. The van der Waals surface area contributed by atoms with Crippen LogP contribution in [0.2, 0.25) is 0 Å². The number of carbonyl (C=O) groups is 1.